The number of unbranched alkanes of at least 4 members (excludes halogenated alkanes) is 1. The highest BCUT2D eigenvalue weighted by atomic mass is 35.5. The number of fused-ring (bicyclic) bond motifs is 3. The van der Waals surface area contributed by atoms with Gasteiger partial charge in [0.1, 0.15) is 28.4 Å². The number of ketones is 3. The zero-order valence-electron chi connectivity index (χ0n) is 56.0. The predicted octanol–water partition coefficient (Wildman–Crippen LogP) is 12.3. The number of benzene rings is 4. The van der Waals surface area contributed by atoms with Crippen LogP contribution < -0.4 is 10.6 Å². The van der Waals surface area contributed by atoms with Crippen molar-refractivity contribution in [1.82, 2.24) is 40.1 Å². The lowest BCUT2D eigenvalue weighted by atomic mass is 9.93. The summed E-state index contributed by atoms with van der Waals surface area (Å²) in [5.74, 6) is 1.41. The fraction of sp³-hybridized carbons (Fsp3) is 0.459. The fourth-order valence-corrected chi connectivity index (χ4v) is 13.9. The SMILES string of the molecule is Cc1ccc(/C=C2\CN(C(=O)[C@H](Cc3ccccc3)NCCOCCNC(=O)CCOCCOCCOCCCC(=O)CCCCN3CCN(CCCC(=O)C[C@@H]4N=C(c5ccc(Cl)cc5)c5c(sc(C)c5C)-n5c(C)nnc54)CC3)C/C(=C\c3ccc(Cl)c(Cl)c3)C2=O)cc1Cl. The number of Topliss-reactive ketones (excluding diaryl/α,β-unsaturated/α-hetero) is 3. The van der Waals surface area contributed by atoms with Crippen LogP contribution in [0.3, 0.4) is 0 Å². The Bertz CT molecular complexity index is 3670. The molecule has 9 rings (SSSR count). The average molecular weight is 1420 g/mol. The van der Waals surface area contributed by atoms with Crippen molar-refractivity contribution in [3.63, 3.8) is 0 Å². The Morgan fingerprint density at radius 2 is 1.26 bits per heavy atom. The Kier molecular flexibility index (Phi) is 29.6. The maximum Gasteiger partial charge on any atom is 0.240 e. The van der Waals surface area contributed by atoms with Gasteiger partial charge in [0, 0.05) is 128 Å². The Hall–Kier alpha value is -6.30. The first-order chi connectivity index (χ1) is 47.0. The second kappa shape index (κ2) is 38.3. The molecule has 23 heteroatoms. The van der Waals surface area contributed by atoms with E-state index in [1.54, 1.807) is 46.6 Å². The molecule has 518 valence electrons. The maximum atomic E-state index is 14.5. The van der Waals surface area contributed by atoms with Gasteiger partial charge in [0.25, 0.3) is 0 Å². The number of nitrogens with one attached hydrogen (secondary N) is 2. The summed E-state index contributed by atoms with van der Waals surface area (Å²) in [6, 6.07) is 27.1. The van der Waals surface area contributed by atoms with Crippen molar-refractivity contribution >= 4 is 105 Å². The summed E-state index contributed by atoms with van der Waals surface area (Å²) >= 11 is 27.0. The third kappa shape index (κ3) is 22.6. The van der Waals surface area contributed by atoms with Crippen LogP contribution in [-0.2, 0) is 49.3 Å². The minimum atomic E-state index is -0.632. The van der Waals surface area contributed by atoms with Crippen LogP contribution in [0.5, 0.6) is 0 Å². The second-order valence-electron chi connectivity index (χ2n) is 24.8. The minimum Gasteiger partial charge on any atom is -0.379 e. The fourth-order valence-electron chi connectivity index (χ4n) is 12.0. The number of carbonyl (C=O) groups is 5. The summed E-state index contributed by atoms with van der Waals surface area (Å²) < 4.78 is 24.9. The second-order valence-corrected chi connectivity index (χ2v) is 27.7. The number of hydrogen-bond acceptors (Lipinski definition) is 16. The summed E-state index contributed by atoms with van der Waals surface area (Å²) in [6.07, 6.45) is 9.30. The third-order valence-corrected chi connectivity index (χ3v) is 20.1. The Morgan fingerprint density at radius 1 is 0.639 bits per heavy atom. The summed E-state index contributed by atoms with van der Waals surface area (Å²) in [4.78, 5) is 80.5. The number of ether oxygens (including phenoxy) is 4. The number of aromatic nitrogens is 3. The van der Waals surface area contributed by atoms with E-state index in [4.69, 9.17) is 70.3 Å². The molecule has 0 aliphatic carbocycles. The predicted molar refractivity (Wildman–Crippen MR) is 386 cm³/mol. The zero-order valence-corrected chi connectivity index (χ0v) is 59.8. The molecule has 2 fully saturated rings. The summed E-state index contributed by atoms with van der Waals surface area (Å²) in [6.45, 7) is 17.6. The van der Waals surface area contributed by atoms with Crippen molar-refractivity contribution in [2.75, 3.05) is 118 Å². The van der Waals surface area contributed by atoms with Gasteiger partial charge in [-0.15, -0.1) is 21.5 Å². The number of carbonyl (C=O) groups excluding carboxylic acids is 5. The van der Waals surface area contributed by atoms with Gasteiger partial charge in [-0.2, -0.15) is 0 Å². The van der Waals surface area contributed by atoms with E-state index in [1.165, 1.54) is 4.88 Å². The summed E-state index contributed by atoms with van der Waals surface area (Å²) in [5.41, 5.74) is 8.23. The largest absolute Gasteiger partial charge is 0.379 e. The highest BCUT2D eigenvalue weighted by Crippen LogP contribution is 2.40. The van der Waals surface area contributed by atoms with E-state index in [0.29, 0.717) is 127 Å². The molecular formula is C74H89Cl4N9O9S. The molecule has 4 aromatic carbocycles. The lowest BCUT2D eigenvalue weighted by Crippen LogP contribution is -2.52. The summed E-state index contributed by atoms with van der Waals surface area (Å²) in [7, 11) is 0. The van der Waals surface area contributed by atoms with Gasteiger partial charge >= 0.3 is 0 Å². The number of thiophene rings is 1. The molecule has 2 saturated heterocycles. The number of aryl methyl sites for hydroxylation is 3. The van der Waals surface area contributed by atoms with E-state index >= 15 is 0 Å². The van der Waals surface area contributed by atoms with Crippen LogP contribution in [0.2, 0.25) is 20.1 Å². The van der Waals surface area contributed by atoms with Gasteiger partial charge in [-0.1, -0.05) is 107 Å². The highest BCUT2D eigenvalue weighted by Gasteiger charge is 2.35. The van der Waals surface area contributed by atoms with Gasteiger partial charge in [0.15, 0.2) is 11.6 Å². The van der Waals surface area contributed by atoms with Gasteiger partial charge in [-0.25, -0.2) is 0 Å². The number of hydrogen-bond donors (Lipinski definition) is 2. The molecule has 5 heterocycles. The van der Waals surface area contributed by atoms with Gasteiger partial charge < -0.3 is 44.3 Å². The van der Waals surface area contributed by atoms with E-state index in [0.717, 1.165) is 108 Å². The molecule has 2 aromatic heterocycles. The molecule has 0 saturated carbocycles. The normalized spacial score (nSPS) is 16.3. The van der Waals surface area contributed by atoms with Crippen LogP contribution in [0, 0.1) is 27.7 Å². The Balaban J connectivity index is 0.566. The van der Waals surface area contributed by atoms with E-state index in [2.05, 4.69) is 49.0 Å². The van der Waals surface area contributed by atoms with Crippen LogP contribution in [0.1, 0.15) is 119 Å². The molecule has 2 amide bonds. The zero-order chi connectivity index (χ0) is 68.6. The van der Waals surface area contributed by atoms with Gasteiger partial charge in [0.05, 0.1) is 68.0 Å². The van der Waals surface area contributed by atoms with Crippen molar-refractivity contribution < 1.29 is 42.9 Å². The number of nitrogens with zero attached hydrogens (tertiary/aromatic N) is 7. The van der Waals surface area contributed by atoms with Crippen molar-refractivity contribution in [2.45, 2.75) is 104 Å². The van der Waals surface area contributed by atoms with Crippen molar-refractivity contribution in [1.29, 1.82) is 0 Å². The number of piperidine rings is 1. The number of aliphatic imine (C=N–C) groups is 1. The molecule has 6 aromatic rings. The van der Waals surface area contributed by atoms with E-state index in [1.807, 2.05) is 86.6 Å². The molecule has 0 spiro atoms. The molecule has 3 aliphatic rings. The van der Waals surface area contributed by atoms with Crippen molar-refractivity contribution in [3.8, 4) is 5.00 Å². The quantitative estimate of drug-likeness (QED) is 0.0276. The third-order valence-electron chi connectivity index (χ3n) is 17.5. The van der Waals surface area contributed by atoms with Crippen LogP contribution in [0.15, 0.2) is 107 Å². The lowest BCUT2D eigenvalue weighted by molar-refractivity contribution is -0.133. The standard InChI is InChI=1S/C74H89Cl4N9O9S/c1-50-17-18-55(44-64(50)77)42-58-48-86(49-59(71(58)91)43-56-19-24-63(76)65(78)45-56)73(92)67(46-54-12-6-5-7-13-54)79-26-36-95-37-27-80-68(90)25-35-94-39-41-96-40-38-93-34-11-16-61(88)14-8-9-28-84-30-32-85(33-31-84)29-10-15-62(89)47-66-72-83-82-53(4)87(72)74-69(51(2)52(3)97-74)70(81-66)57-20-22-60(75)23-21-57/h5-7,12-13,17-24,42-45,66-67,79H,8-11,14-16,25-41,46-49H2,1-4H3,(H,80,90)/b58-42+,59-43+/t66-,67-/m0/s1. The van der Waals surface area contributed by atoms with Gasteiger partial charge in [-0.05, 0) is 143 Å². The number of halogens is 4. The van der Waals surface area contributed by atoms with Gasteiger partial charge in [0.2, 0.25) is 11.8 Å². The van der Waals surface area contributed by atoms with Gasteiger partial charge in [-0.3, -0.25) is 33.5 Å². The first-order valence-electron chi connectivity index (χ1n) is 33.6. The molecule has 97 heavy (non-hydrogen) atoms. The molecule has 0 unspecified atom stereocenters. The first-order valence-corrected chi connectivity index (χ1v) is 36.0. The van der Waals surface area contributed by atoms with E-state index in [9.17, 15) is 24.0 Å². The summed E-state index contributed by atoms with van der Waals surface area (Å²) in [5, 5.41) is 18.3. The smallest absolute Gasteiger partial charge is 0.240 e. The van der Waals surface area contributed by atoms with Crippen LogP contribution in [-0.4, -0.2) is 189 Å². The molecule has 0 bridgehead atoms. The molecular weight excluding hydrogens is 1330 g/mol. The highest BCUT2D eigenvalue weighted by molar-refractivity contribution is 7.15. The minimum absolute atomic E-state index is 0.0921. The first kappa shape index (κ1) is 74.9. The number of likely N-dealkylation sites (tertiary alicyclic amines) is 1. The molecule has 3 aliphatic heterocycles. The van der Waals surface area contributed by atoms with Crippen molar-refractivity contribution in [2.24, 2.45) is 4.99 Å². The molecule has 0 radical (unpaired) electrons. The van der Waals surface area contributed by atoms with E-state index in [-0.39, 0.29) is 68.3 Å². The number of rotatable bonds is 37. The van der Waals surface area contributed by atoms with Crippen LogP contribution in [0.4, 0.5) is 0 Å². The molecule has 2 atom stereocenters. The monoisotopic (exact) mass is 1420 g/mol. The topological polar surface area (TPSA) is 199 Å². The Morgan fingerprint density at radius 3 is 1.95 bits per heavy atom. The van der Waals surface area contributed by atoms with Crippen molar-refractivity contribution in [3.05, 3.63) is 178 Å². The lowest BCUT2D eigenvalue weighted by Gasteiger charge is -2.34. The molecule has 18 nitrogen and oxygen atoms in total. The average Bonchev–Trinajstić information content (AvgIpc) is 1.59. The van der Waals surface area contributed by atoms with E-state index < -0.39 is 12.1 Å². The number of amides is 2. The maximum absolute atomic E-state index is 14.5. The van der Waals surface area contributed by atoms with Crippen LogP contribution >= 0.6 is 57.7 Å². The molecule has 2 N–H and O–H groups in total. The number of piperazine rings is 1. The Labute approximate surface area is 594 Å². The van der Waals surface area contributed by atoms with Crippen LogP contribution in [0.25, 0.3) is 17.2 Å².